The van der Waals surface area contributed by atoms with Gasteiger partial charge in [0.1, 0.15) is 6.04 Å². The lowest BCUT2D eigenvalue weighted by Gasteiger charge is -2.15. The number of nitrogens with one attached hydrogen (secondary N) is 2. The normalized spacial score (nSPS) is 25.1. The minimum Gasteiger partial charge on any atom is -0.344 e. The number of aliphatic imine (C=N–C) groups is 1. The lowest BCUT2D eigenvalue weighted by atomic mass is 9.97. The second kappa shape index (κ2) is 5.73. The summed E-state index contributed by atoms with van der Waals surface area (Å²) in [6.07, 6.45) is 3.16. The molecule has 0 spiro atoms. The standard InChI is InChI=1S/C11H21N3O/c1-4-6-8(3)9-10(15)14-11(13-9)12-7-5-2/h8-9H,4-7H2,1-3H3,(H2,12,13,14,15). The second-order valence-electron chi connectivity index (χ2n) is 4.11. The largest absolute Gasteiger partial charge is 0.344 e. The van der Waals surface area contributed by atoms with Gasteiger partial charge >= 0.3 is 0 Å². The van der Waals surface area contributed by atoms with Crippen LogP contribution in [0.3, 0.4) is 0 Å². The number of hydrogen-bond donors (Lipinski definition) is 2. The van der Waals surface area contributed by atoms with Crippen molar-refractivity contribution in [1.82, 2.24) is 10.6 Å². The van der Waals surface area contributed by atoms with E-state index >= 15 is 0 Å². The summed E-state index contributed by atoms with van der Waals surface area (Å²) in [7, 11) is 0. The molecule has 86 valence electrons. The summed E-state index contributed by atoms with van der Waals surface area (Å²) < 4.78 is 0. The molecule has 2 N–H and O–H groups in total. The Labute approximate surface area is 91.5 Å². The predicted molar refractivity (Wildman–Crippen MR) is 61.7 cm³/mol. The minimum absolute atomic E-state index is 0.0609. The zero-order valence-electron chi connectivity index (χ0n) is 9.84. The Balaban J connectivity index is 2.52. The molecular weight excluding hydrogens is 190 g/mol. The first-order valence-corrected chi connectivity index (χ1v) is 5.80. The van der Waals surface area contributed by atoms with Gasteiger partial charge in [0.15, 0.2) is 5.96 Å². The van der Waals surface area contributed by atoms with E-state index in [0.717, 1.165) is 25.8 Å². The van der Waals surface area contributed by atoms with Gasteiger partial charge in [0.2, 0.25) is 5.91 Å². The molecule has 15 heavy (non-hydrogen) atoms. The Morgan fingerprint density at radius 3 is 2.73 bits per heavy atom. The summed E-state index contributed by atoms with van der Waals surface area (Å²) >= 11 is 0. The first-order valence-electron chi connectivity index (χ1n) is 5.80. The van der Waals surface area contributed by atoms with Crippen molar-refractivity contribution < 1.29 is 4.79 Å². The van der Waals surface area contributed by atoms with E-state index in [-0.39, 0.29) is 11.9 Å². The molecule has 4 nitrogen and oxygen atoms in total. The Morgan fingerprint density at radius 2 is 2.13 bits per heavy atom. The maximum Gasteiger partial charge on any atom is 0.249 e. The van der Waals surface area contributed by atoms with E-state index < -0.39 is 0 Å². The molecule has 1 saturated heterocycles. The lowest BCUT2D eigenvalue weighted by molar-refractivity contribution is -0.121. The fourth-order valence-electron chi connectivity index (χ4n) is 1.77. The summed E-state index contributed by atoms with van der Waals surface area (Å²) in [6.45, 7) is 7.06. The van der Waals surface area contributed by atoms with Gasteiger partial charge in [-0.3, -0.25) is 15.1 Å². The van der Waals surface area contributed by atoms with Gasteiger partial charge in [-0.1, -0.05) is 27.2 Å². The highest BCUT2D eigenvalue weighted by Crippen LogP contribution is 2.13. The van der Waals surface area contributed by atoms with E-state index in [1.165, 1.54) is 0 Å². The Hall–Kier alpha value is -1.06. The number of carbonyl (C=O) groups is 1. The number of carbonyl (C=O) groups excluding carboxylic acids is 1. The van der Waals surface area contributed by atoms with E-state index in [1.807, 2.05) is 0 Å². The molecule has 0 aliphatic carbocycles. The molecule has 0 aromatic heterocycles. The zero-order valence-corrected chi connectivity index (χ0v) is 9.84. The predicted octanol–water partition coefficient (Wildman–Crippen LogP) is 1.28. The van der Waals surface area contributed by atoms with E-state index in [0.29, 0.717) is 11.9 Å². The van der Waals surface area contributed by atoms with Crippen molar-refractivity contribution in [1.29, 1.82) is 0 Å². The smallest absolute Gasteiger partial charge is 0.249 e. The van der Waals surface area contributed by atoms with Gasteiger partial charge < -0.3 is 5.32 Å². The molecule has 4 heteroatoms. The Bertz CT molecular complexity index is 250. The van der Waals surface area contributed by atoms with Crippen LogP contribution in [-0.4, -0.2) is 24.5 Å². The first kappa shape index (κ1) is 12.0. The van der Waals surface area contributed by atoms with Crippen LogP contribution < -0.4 is 10.6 Å². The van der Waals surface area contributed by atoms with Crippen LogP contribution >= 0.6 is 0 Å². The SMILES string of the molecule is CCCN=C1NC(=O)C(C(C)CCC)N1. The highest BCUT2D eigenvalue weighted by molar-refractivity contribution is 6.06. The van der Waals surface area contributed by atoms with Crippen LogP contribution in [0.1, 0.15) is 40.0 Å². The summed E-state index contributed by atoms with van der Waals surface area (Å²) in [4.78, 5) is 15.9. The number of amides is 1. The van der Waals surface area contributed by atoms with Crippen molar-refractivity contribution in [3.8, 4) is 0 Å². The maximum absolute atomic E-state index is 11.6. The van der Waals surface area contributed by atoms with Crippen molar-refractivity contribution in [3.05, 3.63) is 0 Å². The molecule has 0 radical (unpaired) electrons. The number of nitrogens with zero attached hydrogens (tertiary/aromatic N) is 1. The van der Waals surface area contributed by atoms with E-state index in [9.17, 15) is 4.79 Å². The topological polar surface area (TPSA) is 53.5 Å². The van der Waals surface area contributed by atoms with Crippen molar-refractivity contribution in [2.24, 2.45) is 10.9 Å². The molecule has 0 saturated carbocycles. The Kier molecular flexibility index (Phi) is 4.59. The average Bonchev–Trinajstić information content (AvgIpc) is 2.57. The molecule has 0 aromatic rings. The maximum atomic E-state index is 11.6. The van der Waals surface area contributed by atoms with Gasteiger partial charge in [0, 0.05) is 6.54 Å². The van der Waals surface area contributed by atoms with Gasteiger partial charge in [-0.25, -0.2) is 0 Å². The van der Waals surface area contributed by atoms with Gasteiger partial charge in [-0.05, 0) is 18.8 Å². The van der Waals surface area contributed by atoms with Crippen LogP contribution in [0.5, 0.6) is 0 Å². The number of hydrogen-bond acceptors (Lipinski definition) is 2. The summed E-state index contributed by atoms with van der Waals surface area (Å²) in [5.74, 6) is 1.07. The quantitative estimate of drug-likeness (QED) is 0.719. The second-order valence-corrected chi connectivity index (χ2v) is 4.11. The molecule has 1 fully saturated rings. The van der Waals surface area contributed by atoms with Crippen molar-refractivity contribution in [2.45, 2.75) is 46.1 Å². The molecule has 1 rings (SSSR count). The number of rotatable bonds is 5. The summed E-state index contributed by atoms with van der Waals surface area (Å²) in [5, 5.41) is 5.93. The lowest BCUT2D eigenvalue weighted by Crippen LogP contribution is -2.35. The third-order valence-electron chi connectivity index (χ3n) is 2.62. The molecule has 1 amide bonds. The van der Waals surface area contributed by atoms with Crippen LogP contribution in [0.15, 0.2) is 4.99 Å². The van der Waals surface area contributed by atoms with Crippen molar-refractivity contribution >= 4 is 11.9 Å². The van der Waals surface area contributed by atoms with Crippen LogP contribution in [-0.2, 0) is 4.79 Å². The molecular formula is C11H21N3O. The third-order valence-corrected chi connectivity index (χ3v) is 2.62. The highest BCUT2D eigenvalue weighted by Gasteiger charge is 2.31. The summed E-state index contributed by atoms with van der Waals surface area (Å²) in [5.41, 5.74) is 0. The van der Waals surface area contributed by atoms with E-state index in [1.54, 1.807) is 0 Å². The van der Waals surface area contributed by atoms with Crippen LogP contribution in [0.2, 0.25) is 0 Å². The van der Waals surface area contributed by atoms with Gasteiger partial charge in [0.05, 0.1) is 0 Å². The van der Waals surface area contributed by atoms with E-state index in [4.69, 9.17) is 0 Å². The zero-order chi connectivity index (χ0) is 11.3. The monoisotopic (exact) mass is 211 g/mol. The van der Waals surface area contributed by atoms with Gasteiger partial charge in [-0.2, -0.15) is 0 Å². The molecule has 2 atom stereocenters. The molecule has 0 aromatic carbocycles. The molecule has 1 aliphatic rings. The summed E-state index contributed by atoms with van der Waals surface area (Å²) in [6, 6.07) is -0.0967. The average molecular weight is 211 g/mol. The van der Waals surface area contributed by atoms with Crippen LogP contribution in [0, 0.1) is 5.92 Å². The van der Waals surface area contributed by atoms with Crippen LogP contribution in [0.4, 0.5) is 0 Å². The molecule has 1 aliphatic heterocycles. The number of guanidine groups is 1. The van der Waals surface area contributed by atoms with Crippen molar-refractivity contribution in [3.63, 3.8) is 0 Å². The minimum atomic E-state index is -0.0967. The molecule has 0 bridgehead atoms. The highest BCUT2D eigenvalue weighted by atomic mass is 16.2. The first-order chi connectivity index (χ1) is 7.19. The fourth-order valence-corrected chi connectivity index (χ4v) is 1.77. The Morgan fingerprint density at radius 1 is 1.40 bits per heavy atom. The third kappa shape index (κ3) is 3.22. The van der Waals surface area contributed by atoms with Gasteiger partial charge in [-0.15, -0.1) is 0 Å². The van der Waals surface area contributed by atoms with Crippen LogP contribution in [0.25, 0.3) is 0 Å². The molecule has 2 unspecified atom stereocenters. The van der Waals surface area contributed by atoms with E-state index in [2.05, 4.69) is 36.4 Å². The fraction of sp³-hybridized carbons (Fsp3) is 0.818. The van der Waals surface area contributed by atoms with Gasteiger partial charge in [0.25, 0.3) is 0 Å². The molecule has 1 heterocycles. The van der Waals surface area contributed by atoms with Crippen molar-refractivity contribution in [2.75, 3.05) is 6.54 Å².